The van der Waals surface area contributed by atoms with Gasteiger partial charge in [-0.15, -0.1) is 0 Å². The Morgan fingerprint density at radius 3 is 2.50 bits per heavy atom. The fourth-order valence-electron chi connectivity index (χ4n) is 3.82. The highest BCUT2D eigenvalue weighted by Gasteiger charge is 2.46. The second-order valence-corrected chi connectivity index (χ2v) is 9.19. The Morgan fingerprint density at radius 1 is 1.27 bits per heavy atom. The minimum absolute atomic E-state index is 0.0802. The molecule has 7 nitrogen and oxygen atoms in total. The van der Waals surface area contributed by atoms with E-state index >= 15 is 0 Å². The lowest BCUT2D eigenvalue weighted by Crippen LogP contribution is -2.62. The number of hydrogen-bond acceptors (Lipinski definition) is 4. The number of nitrogens with zero attached hydrogens (tertiary/aromatic N) is 2. The van der Waals surface area contributed by atoms with Gasteiger partial charge in [0.15, 0.2) is 0 Å². The van der Waals surface area contributed by atoms with Crippen molar-refractivity contribution in [3.05, 3.63) is 0 Å². The molecule has 2 aliphatic rings. The van der Waals surface area contributed by atoms with E-state index in [9.17, 15) is 14.4 Å². The highest BCUT2D eigenvalue weighted by atomic mass is 16.6. The Morgan fingerprint density at radius 2 is 1.92 bits per heavy atom. The molecule has 148 valence electrons. The maximum absolute atomic E-state index is 13.1. The summed E-state index contributed by atoms with van der Waals surface area (Å²) in [6.07, 6.45) is 2.34. The van der Waals surface area contributed by atoms with Gasteiger partial charge in [0.2, 0.25) is 11.8 Å². The number of carbonyl (C=O) groups excluding carboxylic acids is 3. The van der Waals surface area contributed by atoms with Crippen LogP contribution < -0.4 is 5.32 Å². The summed E-state index contributed by atoms with van der Waals surface area (Å²) in [4.78, 5) is 40.6. The van der Waals surface area contributed by atoms with E-state index in [-0.39, 0.29) is 23.3 Å². The van der Waals surface area contributed by atoms with Gasteiger partial charge in [-0.25, -0.2) is 4.79 Å². The van der Waals surface area contributed by atoms with Crippen molar-refractivity contribution in [2.75, 3.05) is 20.1 Å². The van der Waals surface area contributed by atoms with Gasteiger partial charge in [-0.1, -0.05) is 13.8 Å². The van der Waals surface area contributed by atoms with Crippen molar-refractivity contribution in [1.82, 2.24) is 15.1 Å². The van der Waals surface area contributed by atoms with Gasteiger partial charge in [-0.05, 0) is 45.4 Å². The third-order valence-corrected chi connectivity index (χ3v) is 5.12. The minimum atomic E-state index is -0.605. The standard InChI is InChI=1S/C19H33N3O4/c1-18(2,3)26-17(25)22-11-7-10-19(4,5)15(22)16(24)20-13-8-9-14(23)21(6)12-13/h13,15H,7-12H2,1-6H3,(H,20,24)/t13-,15+/m1/s1. The molecule has 0 aliphatic carbocycles. The number of ether oxygens (including phenoxy) is 1. The summed E-state index contributed by atoms with van der Waals surface area (Å²) in [6.45, 7) is 10.5. The van der Waals surface area contributed by atoms with Crippen molar-refractivity contribution in [2.24, 2.45) is 5.41 Å². The van der Waals surface area contributed by atoms with Gasteiger partial charge in [0, 0.05) is 32.6 Å². The fraction of sp³-hybridized carbons (Fsp3) is 0.842. The highest BCUT2D eigenvalue weighted by molar-refractivity contribution is 5.87. The van der Waals surface area contributed by atoms with Crippen molar-refractivity contribution in [3.8, 4) is 0 Å². The van der Waals surface area contributed by atoms with Crippen molar-refractivity contribution in [2.45, 2.75) is 78.0 Å². The molecule has 7 heteroatoms. The predicted octanol–water partition coefficient (Wildman–Crippen LogP) is 2.15. The molecule has 0 spiro atoms. The first kappa shape index (κ1) is 20.5. The van der Waals surface area contributed by atoms with Gasteiger partial charge in [0.05, 0.1) is 0 Å². The largest absolute Gasteiger partial charge is 0.444 e. The third kappa shape index (κ3) is 4.89. The summed E-state index contributed by atoms with van der Waals surface area (Å²) in [7, 11) is 1.75. The first-order valence-corrected chi connectivity index (χ1v) is 9.45. The number of rotatable bonds is 2. The molecule has 0 unspecified atom stereocenters. The van der Waals surface area contributed by atoms with E-state index in [0.29, 0.717) is 25.9 Å². The number of likely N-dealkylation sites (tertiary alicyclic amines) is 2. The molecule has 26 heavy (non-hydrogen) atoms. The molecule has 3 amide bonds. The summed E-state index contributed by atoms with van der Waals surface area (Å²) < 4.78 is 5.53. The first-order chi connectivity index (χ1) is 11.9. The second kappa shape index (κ2) is 7.45. The zero-order valence-electron chi connectivity index (χ0n) is 16.9. The number of nitrogens with one attached hydrogen (secondary N) is 1. The third-order valence-electron chi connectivity index (χ3n) is 5.12. The van der Waals surface area contributed by atoms with E-state index in [1.54, 1.807) is 16.8 Å². The van der Waals surface area contributed by atoms with Crippen LogP contribution in [-0.4, -0.2) is 65.5 Å². The number of piperidine rings is 2. The molecule has 0 bridgehead atoms. The SMILES string of the molecule is CN1C[C@H](NC(=O)[C@@H]2N(C(=O)OC(C)(C)C)CCCC2(C)C)CCC1=O. The van der Waals surface area contributed by atoms with Gasteiger partial charge in [-0.2, -0.15) is 0 Å². The Hall–Kier alpha value is -1.79. The molecule has 2 rings (SSSR count). The van der Waals surface area contributed by atoms with Crippen LogP contribution >= 0.6 is 0 Å². The number of likely N-dealkylation sites (N-methyl/N-ethyl adjacent to an activating group) is 1. The molecule has 2 aliphatic heterocycles. The Labute approximate surface area is 156 Å². The molecule has 1 N–H and O–H groups in total. The Balaban J connectivity index is 2.13. The first-order valence-electron chi connectivity index (χ1n) is 9.45. The minimum Gasteiger partial charge on any atom is -0.444 e. The number of hydrogen-bond donors (Lipinski definition) is 1. The maximum atomic E-state index is 13.1. The molecule has 2 atom stereocenters. The molecular formula is C19H33N3O4. The monoisotopic (exact) mass is 367 g/mol. The van der Waals surface area contributed by atoms with Crippen LogP contribution in [0, 0.1) is 5.41 Å². The van der Waals surface area contributed by atoms with Crippen LogP contribution in [0.3, 0.4) is 0 Å². The number of amides is 3. The number of carbonyl (C=O) groups is 3. The van der Waals surface area contributed by atoms with E-state index in [0.717, 1.165) is 12.8 Å². The molecule has 0 aromatic rings. The smallest absolute Gasteiger partial charge is 0.410 e. The molecule has 0 aromatic carbocycles. The second-order valence-electron chi connectivity index (χ2n) is 9.19. The maximum Gasteiger partial charge on any atom is 0.410 e. The lowest BCUT2D eigenvalue weighted by Gasteiger charge is -2.46. The summed E-state index contributed by atoms with van der Waals surface area (Å²) in [5.41, 5.74) is -0.943. The topological polar surface area (TPSA) is 79.0 Å². The molecule has 0 saturated carbocycles. The molecule has 2 heterocycles. The van der Waals surface area contributed by atoms with Gasteiger partial charge in [0.25, 0.3) is 0 Å². The summed E-state index contributed by atoms with van der Waals surface area (Å²) >= 11 is 0. The molecule has 2 fully saturated rings. The highest BCUT2D eigenvalue weighted by Crippen LogP contribution is 2.36. The van der Waals surface area contributed by atoms with E-state index in [1.165, 1.54) is 0 Å². The summed E-state index contributed by atoms with van der Waals surface area (Å²) in [5.74, 6) is -0.0582. The molecule has 2 saturated heterocycles. The van der Waals surface area contributed by atoms with Crippen molar-refractivity contribution >= 4 is 17.9 Å². The predicted molar refractivity (Wildman–Crippen MR) is 98.5 cm³/mol. The average molecular weight is 367 g/mol. The fourth-order valence-corrected chi connectivity index (χ4v) is 3.82. The normalized spacial score (nSPS) is 26.5. The lowest BCUT2D eigenvalue weighted by atomic mass is 9.76. The van der Waals surface area contributed by atoms with E-state index in [4.69, 9.17) is 4.74 Å². The lowest BCUT2D eigenvalue weighted by molar-refractivity contribution is -0.137. The van der Waals surface area contributed by atoms with Crippen LogP contribution in [-0.2, 0) is 14.3 Å². The molecular weight excluding hydrogens is 334 g/mol. The van der Waals surface area contributed by atoms with Gasteiger partial charge in [0.1, 0.15) is 11.6 Å². The zero-order chi connectivity index (χ0) is 19.7. The van der Waals surface area contributed by atoms with Crippen LogP contribution in [0.1, 0.15) is 60.3 Å². The average Bonchev–Trinajstić information content (AvgIpc) is 2.47. The van der Waals surface area contributed by atoms with E-state index in [1.807, 2.05) is 34.6 Å². The summed E-state index contributed by atoms with van der Waals surface area (Å²) in [6, 6.07) is -0.655. The van der Waals surface area contributed by atoms with Gasteiger partial charge < -0.3 is 15.0 Å². The van der Waals surface area contributed by atoms with Crippen molar-refractivity contribution in [1.29, 1.82) is 0 Å². The van der Waals surface area contributed by atoms with Crippen molar-refractivity contribution < 1.29 is 19.1 Å². The van der Waals surface area contributed by atoms with Crippen LogP contribution in [0.2, 0.25) is 0 Å². The zero-order valence-corrected chi connectivity index (χ0v) is 16.9. The Bertz CT molecular complexity index is 568. The Kier molecular flexibility index (Phi) is 5.88. The quantitative estimate of drug-likeness (QED) is 0.811. The van der Waals surface area contributed by atoms with Crippen LogP contribution in [0.5, 0.6) is 0 Å². The van der Waals surface area contributed by atoms with Crippen LogP contribution in [0.25, 0.3) is 0 Å². The van der Waals surface area contributed by atoms with Crippen LogP contribution in [0.15, 0.2) is 0 Å². The summed E-state index contributed by atoms with van der Waals surface area (Å²) in [5, 5.41) is 3.06. The molecule has 0 radical (unpaired) electrons. The van der Waals surface area contributed by atoms with E-state index in [2.05, 4.69) is 5.32 Å². The van der Waals surface area contributed by atoms with Gasteiger partial charge >= 0.3 is 6.09 Å². The van der Waals surface area contributed by atoms with Crippen LogP contribution in [0.4, 0.5) is 4.79 Å². The van der Waals surface area contributed by atoms with Gasteiger partial charge in [-0.3, -0.25) is 14.5 Å². The van der Waals surface area contributed by atoms with Crippen molar-refractivity contribution in [3.63, 3.8) is 0 Å². The van der Waals surface area contributed by atoms with E-state index < -0.39 is 17.7 Å². The molecule has 0 aromatic heterocycles.